The highest BCUT2D eigenvalue weighted by Gasteiger charge is 2.23. The van der Waals surface area contributed by atoms with Crippen molar-refractivity contribution in [1.29, 1.82) is 0 Å². The van der Waals surface area contributed by atoms with Gasteiger partial charge in [-0.05, 0) is 18.6 Å². The van der Waals surface area contributed by atoms with Gasteiger partial charge in [-0.3, -0.25) is 25.8 Å². The van der Waals surface area contributed by atoms with Gasteiger partial charge in [0.1, 0.15) is 6.33 Å². The fourth-order valence-electron chi connectivity index (χ4n) is 2.49. The van der Waals surface area contributed by atoms with Crippen LogP contribution in [0.3, 0.4) is 0 Å². The molecule has 1 amide bonds. The van der Waals surface area contributed by atoms with Crippen molar-refractivity contribution in [2.45, 2.75) is 13.0 Å². The van der Waals surface area contributed by atoms with Gasteiger partial charge in [0.25, 0.3) is 5.91 Å². The number of hydrogen-bond donors (Lipinski definition) is 3. The van der Waals surface area contributed by atoms with Crippen LogP contribution in [0, 0.1) is 10.1 Å². The van der Waals surface area contributed by atoms with Crippen molar-refractivity contribution in [3.05, 3.63) is 70.0 Å². The van der Waals surface area contributed by atoms with Crippen LogP contribution in [0.5, 0.6) is 0 Å². The summed E-state index contributed by atoms with van der Waals surface area (Å²) in [5, 5.41) is 14.7. The molecule has 0 aliphatic rings. The number of aryl methyl sites for hydroxylation is 1. The molecular weight excluding hydrogens is 400 g/mol. The molecule has 3 aromatic rings. The van der Waals surface area contributed by atoms with E-state index in [0.29, 0.717) is 19.5 Å². The van der Waals surface area contributed by atoms with E-state index in [-0.39, 0.29) is 27.9 Å². The minimum Gasteiger partial charge on any atom is -0.364 e. The predicted octanol–water partition coefficient (Wildman–Crippen LogP) is 2.49. The fourth-order valence-corrected chi connectivity index (χ4v) is 2.71. The summed E-state index contributed by atoms with van der Waals surface area (Å²) < 4.78 is 1.90. The first-order valence-electron chi connectivity index (χ1n) is 8.56. The number of aromatic nitrogens is 4. The number of rotatable bonds is 9. The minimum atomic E-state index is -0.623. The molecular formula is C17H17ClN8O3. The maximum Gasteiger partial charge on any atom is 0.354 e. The van der Waals surface area contributed by atoms with Gasteiger partial charge in [-0.15, -0.1) is 0 Å². The monoisotopic (exact) mass is 416 g/mol. The summed E-state index contributed by atoms with van der Waals surface area (Å²) in [5.74, 6) is -0.661. The van der Waals surface area contributed by atoms with E-state index in [0.717, 1.165) is 6.33 Å². The molecule has 0 spiro atoms. The van der Waals surface area contributed by atoms with Crippen molar-refractivity contribution < 1.29 is 9.72 Å². The zero-order valence-electron chi connectivity index (χ0n) is 15.1. The first-order chi connectivity index (χ1) is 14.1. The third-order valence-corrected chi connectivity index (χ3v) is 4.19. The van der Waals surface area contributed by atoms with Crippen LogP contribution in [-0.2, 0) is 6.54 Å². The molecule has 0 atom stereocenters. The Hall–Kier alpha value is -3.73. The Balaban J connectivity index is 1.65. The molecule has 12 heteroatoms. The Morgan fingerprint density at radius 2 is 2.03 bits per heavy atom. The number of carbonyl (C=O) groups excluding carboxylic acids is 1. The molecule has 29 heavy (non-hydrogen) atoms. The van der Waals surface area contributed by atoms with E-state index in [1.165, 1.54) is 6.07 Å². The van der Waals surface area contributed by atoms with Crippen molar-refractivity contribution in [2.75, 3.05) is 17.3 Å². The third kappa shape index (κ3) is 5.17. The van der Waals surface area contributed by atoms with E-state index in [4.69, 9.17) is 11.6 Å². The number of hydrogen-bond acceptors (Lipinski definition) is 8. The molecule has 0 aliphatic heterocycles. The normalized spacial score (nSPS) is 10.4. The molecule has 0 bridgehead atoms. The number of anilines is 2. The van der Waals surface area contributed by atoms with Crippen molar-refractivity contribution in [1.82, 2.24) is 24.9 Å². The highest BCUT2D eigenvalue weighted by molar-refractivity contribution is 6.33. The van der Waals surface area contributed by atoms with E-state index in [1.54, 1.807) is 30.7 Å². The van der Waals surface area contributed by atoms with E-state index >= 15 is 0 Å². The second-order valence-corrected chi connectivity index (χ2v) is 6.22. The van der Waals surface area contributed by atoms with Crippen LogP contribution in [0.1, 0.15) is 16.8 Å². The van der Waals surface area contributed by atoms with E-state index in [1.807, 2.05) is 10.8 Å². The van der Waals surface area contributed by atoms with Crippen LogP contribution >= 0.6 is 11.6 Å². The van der Waals surface area contributed by atoms with E-state index < -0.39 is 10.8 Å². The van der Waals surface area contributed by atoms with Crippen LogP contribution < -0.4 is 16.2 Å². The van der Waals surface area contributed by atoms with Gasteiger partial charge in [-0.25, -0.2) is 15.0 Å². The number of carbonyl (C=O) groups is 1. The molecule has 0 saturated carbocycles. The summed E-state index contributed by atoms with van der Waals surface area (Å²) in [4.78, 5) is 34.9. The summed E-state index contributed by atoms with van der Waals surface area (Å²) in [5.41, 5.74) is 4.67. The predicted molar refractivity (Wildman–Crippen MR) is 107 cm³/mol. The van der Waals surface area contributed by atoms with Crippen molar-refractivity contribution in [2.24, 2.45) is 0 Å². The number of benzene rings is 1. The topological polar surface area (TPSA) is 140 Å². The largest absolute Gasteiger partial charge is 0.364 e. The van der Waals surface area contributed by atoms with E-state index in [2.05, 4.69) is 31.1 Å². The third-order valence-electron chi connectivity index (χ3n) is 3.86. The van der Waals surface area contributed by atoms with Gasteiger partial charge >= 0.3 is 5.69 Å². The first kappa shape index (κ1) is 20.0. The number of amides is 1. The number of hydrazine groups is 1. The lowest BCUT2D eigenvalue weighted by atomic mass is 10.2. The highest BCUT2D eigenvalue weighted by atomic mass is 35.5. The molecule has 1 aromatic carbocycles. The second kappa shape index (κ2) is 9.46. The van der Waals surface area contributed by atoms with Crippen molar-refractivity contribution in [3.8, 4) is 0 Å². The summed E-state index contributed by atoms with van der Waals surface area (Å²) >= 11 is 5.98. The van der Waals surface area contributed by atoms with Gasteiger partial charge in [0, 0.05) is 25.5 Å². The Labute approximate surface area is 170 Å². The van der Waals surface area contributed by atoms with Gasteiger partial charge in [0.15, 0.2) is 0 Å². The number of nitrogens with zero attached hydrogens (tertiary/aromatic N) is 5. The highest BCUT2D eigenvalue weighted by Crippen LogP contribution is 2.28. The molecule has 2 aromatic heterocycles. The quantitative estimate of drug-likeness (QED) is 0.274. The Bertz CT molecular complexity index is 996. The number of nitrogens with one attached hydrogen (secondary N) is 3. The molecule has 3 N–H and O–H groups in total. The van der Waals surface area contributed by atoms with Gasteiger partial charge in [-0.2, -0.15) is 0 Å². The molecule has 0 aliphatic carbocycles. The summed E-state index contributed by atoms with van der Waals surface area (Å²) in [7, 11) is 0. The molecule has 0 unspecified atom stereocenters. The lowest BCUT2D eigenvalue weighted by Gasteiger charge is -2.11. The van der Waals surface area contributed by atoms with Crippen LogP contribution in [0.25, 0.3) is 0 Å². The average Bonchev–Trinajstić information content (AvgIpc) is 3.23. The van der Waals surface area contributed by atoms with Crippen molar-refractivity contribution in [3.63, 3.8) is 0 Å². The maximum atomic E-state index is 12.2. The number of imidazole rings is 1. The fraction of sp³-hybridized carbons (Fsp3) is 0.176. The van der Waals surface area contributed by atoms with Gasteiger partial charge in [-0.1, -0.05) is 23.7 Å². The SMILES string of the molecule is O=C(NNc1ncnc(NCCCn2ccnc2)c1[N+](=O)[O-])c1ccccc1Cl. The van der Waals surface area contributed by atoms with Gasteiger partial charge in [0.05, 0.1) is 21.8 Å². The van der Waals surface area contributed by atoms with Gasteiger partial charge in [0.2, 0.25) is 11.6 Å². The lowest BCUT2D eigenvalue weighted by molar-refractivity contribution is -0.383. The molecule has 2 heterocycles. The number of halogens is 1. The average molecular weight is 417 g/mol. The summed E-state index contributed by atoms with van der Waals surface area (Å²) in [6, 6.07) is 6.43. The van der Waals surface area contributed by atoms with Crippen LogP contribution in [0.15, 0.2) is 49.3 Å². The van der Waals surface area contributed by atoms with Gasteiger partial charge < -0.3 is 9.88 Å². The second-order valence-electron chi connectivity index (χ2n) is 5.82. The first-order valence-corrected chi connectivity index (χ1v) is 8.94. The Morgan fingerprint density at radius 1 is 1.24 bits per heavy atom. The Morgan fingerprint density at radius 3 is 2.76 bits per heavy atom. The molecule has 3 rings (SSSR count). The van der Waals surface area contributed by atoms with E-state index in [9.17, 15) is 14.9 Å². The van der Waals surface area contributed by atoms with Crippen molar-refractivity contribution >= 4 is 34.8 Å². The Kier molecular flexibility index (Phi) is 6.53. The standard InChI is InChI=1S/C17H17ClN8O3/c18-13-5-2-1-4-12(13)17(27)24-23-16-14(26(28)29)15(21-10-22-16)20-6-3-8-25-9-7-19-11-25/h1-2,4-5,7,9-11H,3,6,8H2,(H,24,27)(H2,20,21,22,23). The number of nitro groups is 1. The zero-order chi connectivity index (χ0) is 20.6. The summed E-state index contributed by atoms with van der Waals surface area (Å²) in [6.45, 7) is 1.15. The molecule has 11 nitrogen and oxygen atoms in total. The lowest BCUT2D eigenvalue weighted by Crippen LogP contribution is -2.30. The summed E-state index contributed by atoms with van der Waals surface area (Å²) in [6.07, 6.45) is 7.06. The molecule has 0 radical (unpaired) electrons. The van der Waals surface area contributed by atoms with Crippen LogP contribution in [0.4, 0.5) is 17.3 Å². The molecule has 150 valence electrons. The zero-order valence-corrected chi connectivity index (χ0v) is 15.8. The van der Waals surface area contributed by atoms with Crippen LogP contribution in [0.2, 0.25) is 5.02 Å². The molecule has 0 saturated heterocycles. The maximum absolute atomic E-state index is 12.2. The minimum absolute atomic E-state index is 0.0464. The smallest absolute Gasteiger partial charge is 0.354 e. The molecule has 0 fully saturated rings. The van der Waals surface area contributed by atoms with Crippen LogP contribution in [-0.4, -0.2) is 36.9 Å².